The first-order valence-corrected chi connectivity index (χ1v) is 8.99. The van der Waals surface area contributed by atoms with Gasteiger partial charge in [0.2, 0.25) is 4.90 Å². The van der Waals surface area contributed by atoms with E-state index in [0.29, 0.717) is 0 Å². The standard InChI is InChI=1S/C17H20F2N2O3S/c1-17(2)8-11(10-6-7-23-13(10)9-17)21-25(22)14-5-3-4-12(15(14)20)24-16(18)19/h3-7,11,16,21H,8-9,20H2,1-2H3. The summed E-state index contributed by atoms with van der Waals surface area (Å²) in [4.78, 5) is 0.214. The van der Waals surface area contributed by atoms with Crippen molar-refractivity contribution in [1.82, 2.24) is 4.72 Å². The third-order valence-electron chi connectivity index (χ3n) is 4.24. The number of anilines is 1. The van der Waals surface area contributed by atoms with Gasteiger partial charge in [0.05, 0.1) is 23.7 Å². The molecule has 25 heavy (non-hydrogen) atoms. The van der Waals surface area contributed by atoms with Crippen molar-refractivity contribution in [3.63, 3.8) is 0 Å². The number of hydrogen-bond acceptors (Lipinski definition) is 5. The highest BCUT2D eigenvalue weighted by molar-refractivity contribution is 7.89. The molecule has 8 heteroatoms. The molecule has 2 aromatic rings. The number of nitrogens with two attached hydrogens (primary N) is 1. The first kappa shape index (κ1) is 18.0. The van der Waals surface area contributed by atoms with Crippen LogP contribution in [0.1, 0.15) is 37.6 Å². The van der Waals surface area contributed by atoms with E-state index in [0.717, 1.165) is 24.2 Å². The zero-order valence-corrected chi connectivity index (χ0v) is 14.7. The van der Waals surface area contributed by atoms with Crippen LogP contribution in [0.5, 0.6) is 5.75 Å². The number of alkyl halides is 2. The summed E-state index contributed by atoms with van der Waals surface area (Å²) >= 11 is -1.68. The molecule has 2 atom stereocenters. The second-order valence-corrected chi connectivity index (χ2v) is 8.04. The Labute approximate surface area is 147 Å². The fourth-order valence-electron chi connectivity index (χ4n) is 3.16. The van der Waals surface area contributed by atoms with Crippen LogP contribution in [-0.4, -0.2) is 11.2 Å². The van der Waals surface area contributed by atoms with E-state index in [2.05, 4.69) is 23.3 Å². The van der Waals surface area contributed by atoms with E-state index in [1.165, 1.54) is 18.2 Å². The summed E-state index contributed by atoms with van der Waals surface area (Å²) in [7, 11) is 0. The molecule has 1 heterocycles. The Morgan fingerprint density at radius 1 is 1.40 bits per heavy atom. The molecule has 1 aliphatic rings. The number of para-hydroxylation sites is 1. The van der Waals surface area contributed by atoms with Crippen LogP contribution in [0.2, 0.25) is 0 Å². The van der Waals surface area contributed by atoms with Gasteiger partial charge in [-0.05, 0) is 30.0 Å². The first-order chi connectivity index (χ1) is 11.8. The van der Waals surface area contributed by atoms with Crippen LogP contribution in [0.15, 0.2) is 39.8 Å². The van der Waals surface area contributed by atoms with Crippen molar-refractivity contribution in [2.24, 2.45) is 5.41 Å². The molecule has 136 valence electrons. The van der Waals surface area contributed by atoms with Gasteiger partial charge in [0.25, 0.3) is 0 Å². The lowest BCUT2D eigenvalue weighted by Gasteiger charge is -2.34. The van der Waals surface area contributed by atoms with Crippen LogP contribution in [0.3, 0.4) is 0 Å². The Hall–Kier alpha value is -1.77. The van der Waals surface area contributed by atoms with Crippen molar-refractivity contribution >= 4 is 17.0 Å². The molecule has 0 spiro atoms. The number of nitrogen functional groups attached to an aromatic ring is 1. The van der Waals surface area contributed by atoms with Gasteiger partial charge in [0, 0.05) is 12.0 Å². The largest absolute Gasteiger partial charge is 0.593 e. The van der Waals surface area contributed by atoms with Crippen LogP contribution >= 0.6 is 0 Å². The lowest BCUT2D eigenvalue weighted by Crippen LogP contribution is -2.36. The second kappa shape index (κ2) is 6.86. The topological polar surface area (TPSA) is 83.5 Å². The van der Waals surface area contributed by atoms with Crippen molar-refractivity contribution in [2.75, 3.05) is 5.73 Å². The average Bonchev–Trinajstić information content (AvgIpc) is 2.95. The van der Waals surface area contributed by atoms with Gasteiger partial charge in [0.15, 0.2) is 5.75 Å². The molecule has 1 aromatic carbocycles. The lowest BCUT2D eigenvalue weighted by molar-refractivity contribution is -0.0494. The van der Waals surface area contributed by atoms with E-state index in [9.17, 15) is 13.3 Å². The third kappa shape index (κ3) is 3.91. The molecule has 0 radical (unpaired) electrons. The number of furan rings is 1. The molecule has 0 aliphatic heterocycles. The predicted molar refractivity (Wildman–Crippen MR) is 90.6 cm³/mol. The van der Waals surface area contributed by atoms with Gasteiger partial charge in [-0.3, -0.25) is 0 Å². The van der Waals surface area contributed by atoms with Gasteiger partial charge < -0.3 is 19.4 Å². The number of rotatable bonds is 5. The van der Waals surface area contributed by atoms with Crippen molar-refractivity contribution in [1.29, 1.82) is 0 Å². The summed E-state index contributed by atoms with van der Waals surface area (Å²) in [5.41, 5.74) is 6.75. The molecule has 0 fully saturated rings. The highest BCUT2D eigenvalue weighted by Gasteiger charge is 2.37. The third-order valence-corrected chi connectivity index (χ3v) is 5.50. The number of fused-ring (bicyclic) bond motifs is 1. The normalized spacial score (nSPS) is 20.3. The van der Waals surface area contributed by atoms with Crippen molar-refractivity contribution in [3.8, 4) is 5.75 Å². The summed E-state index contributed by atoms with van der Waals surface area (Å²) in [6, 6.07) is 6.01. The Kier molecular flexibility index (Phi) is 4.95. The minimum Gasteiger partial charge on any atom is -0.593 e. The Morgan fingerprint density at radius 3 is 2.88 bits per heavy atom. The van der Waals surface area contributed by atoms with Gasteiger partial charge in [0.1, 0.15) is 11.4 Å². The molecule has 0 saturated heterocycles. The quantitative estimate of drug-likeness (QED) is 0.618. The smallest absolute Gasteiger partial charge is 0.387 e. The summed E-state index contributed by atoms with van der Waals surface area (Å²) in [6.45, 7) is 1.23. The summed E-state index contributed by atoms with van der Waals surface area (Å²) in [6.07, 6.45) is 3.19. The van der Waals surface area contributed by atoms with E-state index in [4.69, 9.17) is 10.2 Å². The van der Waals surface area contributed by atoms with E-state index < -0.39 is 18.0 Å². The first-order valence-electron chi connectivity index (χ1n) is 7.84. The molecule has 0 amide bonds. The van der Waals surface area contributed by atoms with E-state index >= 15 is 0 Å². The minimum absolute atomic E-state index is 0.0150. The van der Waals surface area contributed by atoms with Crippen LogP contribution in [0, 0.1) is 5.41 Å². The summed E-state index contributed by atoms with van der Waals surface area (Å²) < 4.78 is 50.6. The molecule has 2 unspecified atom stereocenters. The Balaban J connectivity index is 1.82. The molecule has 5 nitrogen and oxygen atoms in total. The average molecular weight is 370 g/mol. The van der Waals surface area contributed by atoms with Gasteiger partial charge in [-0.25, -0.2) is 0 Å². The fourth-order valence-corrected chi connectivity index (χ4v) is 4.25. The highest BCUT2D eigenvalue weighted by Crippen LogP contribution is 2.42. The van der Waals surface area contributed by atoms with Crippen molar-refractivity contribution in [2.45, 2.75) is 44.2 Å². The predicted octanol–water partition coefficient (Wildman–Crippen LogP) is 3.79. The summed E-state index contributed by atoms with van der Waals surface area (Å²) in [5.74, 6) is 0.684. The van der Waals surface area contributed by atoms with Gasteiger partial charge in [-0.15, -0.1) is 4.72 Å². The van der Waals surface area contributed by atoms with Gasteiger partial charge >= 0.3 is 6.61 Å². The number of halogens is 2. The molecule has 3 N–H and O–H groups in total. The number of benzene rings is 1. The zero-order chi connectivity index (χ0) is 18.2. The molecule has 3 rings (SSSR count). The lowest BCUT2D eigenvalue weighted by atomic mass is 9.75. The minimum atomic E-state index is -2.99. The van der Waals surface area contributed by atoms with Gasteiger partial charge in [-0.2, -0.15) is 8.78 Å². The van der Waals surface area contributed by atoms with E-state index in [1.54, 1.807) is 6.26 Å². The van der Waals surface area contributed by atoms with Crippen molar-refractivity contribution in [3.05, 3.63) is 41.9 Å². The maximum atomic E-state index is 12.8. The van der Waals surface area contributed by atoms with Crippen LogP contribution in [-0.2, 0) is 17.8 Å². The van der Waals surface area contributed by atoms with Gasteiger partial charge in [-0.1, -0.05) is 19.9 Å². The second-order valence-electron chi connectivity index (χ2n) is 6.83. The number of nitrogens with one attached hydrogen (secondary N) is 1. The molecular weight excluding hydrogens is 350 g/mol. The number of hydrogen-bond donors (Lipinski definition) is 2. The monoisotopic (exact) mass is 370 g/mol. The zero-order valence-electron chi connectivity index (χ0n) is 13.9. The highest BCUT2D eigenvalue weighted by atomic mass is 32.2. The van der Waals surface area contributed by atoms with Crippen LogP contribution < -0.4 is 15.2 Å². The SMILES string of the molecule is CC1(C)Cc2occc2C(N[S+]([O-])c2cccc(OC(F)F)c2N)C1. The molecule has 0 bridgehead atoms. The fraction of sp³-hybridized carbons (Fsp3) is 0.412. The van der Waals surface area contributed by atoms with E-state index in [-0.39, 0.29) is 27.8 Å². The maximum absolute atomic E-state index is 12.8. The van der Waals surface area contributed by atoms with E-state index in [1.807, 2.05) is 6.07 Å². The van der Waals surface area contributed by atoms with Crippen LogP contribution in [0.25, 0.3) is 0 Å². The Bertz CT molecular complexity index is 751. The molecular formula is C17H20F2N2O3S. The molecule has 1 aliphatic carbocycles. The Morgan fingerprint density at radius 2 is 2.16 bits per heavy atom. The number of ether oxygens (including phenoxy) is 1. The molecule has 1 aromatic heterocycles. The summed E-state index contributed by atoms with van der Waals surface area (Å²) in [5, 5.41) is 0. The van der Waals surface area contributed by atoms with Crippen LogP contribution in [0.4, 0.5) is 14.5 Å². The van der Waals surface area contributed by atoms with Crippen molar-refractivity contribution < 1.29 is 22.5 Å². The molecule has 0 saturated carbocycles. The maximum Gasteiger partial charge on any atom is 0.387 e.